The van der Waals surface area contributed by atoms with Crippen LogP contribution in [-0.4, -0.2) is 30.6 Å². The molecule has 154 valence electrons. The third kappa shape index (κ3) is 2.09. The van der Waals surface area contributed by atoms with E-state index in [1.807, 2.05) is 48.5 Å². The SMILES string of the molecule is COc1ccc(N2C(=O)[C@@H]3C4c5ccccc5C(CO)(c5ccccc54)[C@@H]3C2=O)cc1. The van der Waals surface area contributed by atoms with Gasteiger partial charge in [-0.15, -0.1) is 0 Å². The van der Waals surface area contributed by atoms with Crippen LogP contribution in [0.5, 0.6) is 5.75 Å². The van der Waals surface area contributed by atoms with Crippen LogP contribution in [0.1, 0.15) is 28.2 Å². The normalized spacial score (nSPS) is 27.7. The van der Waals surface area contributed by atoms with Crippen molar-refractivity contribution >= 4 is 17.5 Å². The number of aliphatic hydroxyl groups excluding tert-OH is 1. The molecule has 1 saturated heterocycles. The van der Waals surface area contributed by atoms with Crippen molar-refractivity contribution < 1.29 is 19.4 Å². The van der Waals surface area contributed by atoms with E-state index in [-0.39, 0.29) is 24.3 Å². The van der Waals surface area contributed by atoms with E-state index in [0.717, 1.165) is 22.3 Å². The van der Waals surface area contributed by atoms with E-state index in [9.17, 15) is 14.7 Å². The lowest BCUT2D eigenvalue weighted by molar-refractivity contribution is -0.124. The van der Waals surface area contributed by atoms with Gasteiger partial charge in [0, 0.05) is 5.92 Å². The number of hydrogen-bond donors (Lipinski definition) is 1. The second kappa shape index (κ2) is 6.28. The molecule has 3 aliphatic carbocycles. The molecule has 3 aromatic carbocycles. The summed E-state index contributed by atoms with van der Waals surface area (Å²) in [5.74, 6) is -1.17. The van der Waals surface area contributed by atoms with Gasteiger partial charge in [-0.05, 0) is 46.5 Å². The van der Waals surface area contributed by atoms with Crippen molar-refractivity contribution in [1.82, 2.24) is 0 Å². The number of carbonyl (C=O) groups excluding carboxylic acids is 2. The molecule has 7 rings (SSSR count). The molecule has 31 heavy (non-hydrogen) atoms. The lowest BCUT2D eigenvalue weighted by Gasteiger charge is -2.53. The average Bonchev–Trinajstić information content (AvgIpc) is 3.10. The summed E-state index contributed by atoms with van der Waals surface area (Å²) in [6.45, 7) is -0.232. The van der Waals surface area contributed by atoms with Crippen molar-refractivity contribution in [2.75, 3.05) is 18.6 Å². The van der Waals surface area contributed by atoms with Gasteiger partial charge in [-0.2, -0.15) is 0 Å². The summed E-state index contributed by atoms with van der Waals surface area (Å²) >= 11 is 0. The number of nitrogens with zero attached hydrogens (tertiary/aromatic N) is 1. The van der Waals surface area contributed by atoms with Gasteiger partial charge < -0.3 is 9.84 Å². The first-order valence-electron chi connectivity index (χ1n) is 10.4. The minimum atomic E-state index is -0.930. The maximum absolute atomic E-state index is 13.8. The number of benzene rings is 3. The first kappa shape index (κ1) is 18.3. The van der Waals surface area contributed by atoms with Crippen LogP contribution in [-0.2, 0) is 15.0 Å². The van der Waals surface area contributed by atoms with Crippen molar-refractivity contribution in [3.05, 3.63) is 95.1 Å². The number of hydrogen-bond acceptors (Lipinski definition) is 4. The van der Waals surface area contributed by atoms with Crippen molar-refractivity contribution in [3.8, 4) is 5.75 Å². The van der Waals surface area contributed by atoms with Gasteiger partial charge in [0.2, 0.25) is 11.8 Å². The summed E-state index contributed by atoms with van der Waals surface area (Å²) in [6, 6.07) is 22.8. The van der Waals surface area contributed by atoms with E-state index < -0.39 is 17.3 Å². The molecule has 0 aromatic heterocycles. The van der Waals surface area contributed by atoms with Gasteiger partial charge in [0.15, 0.2) is 0 Å². The van der Waals surface area contributed by atoms with Gasteiger partial charge in [0.25, 0.3) is 0 Å². The summed E-state index contributed by atoms with van der Waals surface area (Å²) < 4.78 is 5.22. The van der Waals surface area contributed by atoms with Crippen LogP contribution in [0.15, 0.2) is 72.8 Å². The summed E-state index contributed by atoms with van der Waals surface area (Å²) in [5.41, 5.74) is 3.59. The molecule has 4 aliphatic rings. The van der Waals surface area contributed by atoms with Crippen LogP contribution >= 0.6 is 0 Å². The minimum Gasteiger partial charge on any atom is -0.497 e. The Bertz CT molecular complexity index is 1180. The lowest BCUT2D eigenvalue weighted by Crippen LogP contribution is -2.55. The zero-order chi connectivity index (χ0) is 21.3. The first-order valence-corrected chi connectivity index (χ1v) is 10.4. The molecule has 1 fully saturated rings. The fraction of sp³-hybridized carbons (Fsp3) is 0.231. The number of methoxy groups -OCH3 is 1. The predicted molar refractivity (Wildman–Crippen MR) is 115 cm³/mol. The molecule has 0 spiro atoms. The molecule has 3 aromatic rings. The van der Waals surface area contributed by atoms with Gasteiger partial charge in [-0.25, -0.2) is 4.90 Å². The molecular weight excluding hydrogens is 390 g/mol. The fourth-order valence-electron chi connectivity index (χ4n) is 6.18. The van der Waals surface area contributed by atoms with Crippen molar-refractivity contribution in [3.63, 3.8) is 0 Å². The Morgan fingerprint density at radius 1 is 0.871 bits per heavy atom. The number of imide groups is 1. The van der Waals surface area contributed by atoms with E-state index in [0.29, 0.717) is 11.4 Å². The fourth-order valence-corrected chi connectivity index (χ4v) is 6.18. The van der Waals surface area contributed by atoms with Crippen molar-refractivity contribution in [1.29, 1.82) is 0 Å². The third-order valence-corrected chi connectivity index (χ3v) is 7.37. The molecule has 0 radical (unpaired) electrons. The molecule has 5 heteroatoms. The Morgan fingerprint density at radius 2 is 1.45 bits per heavy atom. The summed E-state index contributed by atoms with van der Waals surface area (Å²) in [4.78, 5) is 28.9. The number of carbonyl (C=O) groups is 2. The molecule has 5 nitrogen and oxygen atoms in total. The molecule has 2 atom stereocenters. The van der Waals surface area contributed by atoms with E-state index in [1.54, 1.807) is 31.4 Å². The van der Waals surface area contributed by atoms with Gasteiger partial charge in [-0.3, -0.25) is 9.59 Å². The molecule has 2 amide bonds. The zero-order valence-electron chi connectivity index (χ0n) is 17.0. The Labute approximate surface area is 179 Å². The lowest BCUT2D eigenvalue weighted by atomic mass is 9.47. The summed E-state index contributed by atoms with van der Waals surface area (Å²) in [5, 5.41) is 10.8. The highest BCUT2D eigenvalue weighted by atomic mass is 16.5. The second-order valence-corrected chi connectivity index (χ2v) is 8.50. The highest BCUT2D eigenvalue weighted by molar-refractivity contribution is 6.23. The second-order valence-electron chi connectivity index (χ2n) is 8.50. The monoisotopic (exact) mass is 411 g/mol. The molecular formula is C26H21NO4. The van der Waals surface area contributed by atoms with E-state index in [2.05, 4.69) is 0 Å². The molecule has 0 unspecified atom stereocenters. The standard InChI is InChI=1S/C26H21NO4/c1-31-16-12-10-15(11-13-16)27-24(29)22-21-17-6-2-4-8-19(17)26(14-28,23(22)25(27)30)20-9-5-3-7-18(20)21/h2-13,21-23,28H,14H2,1H3/t21?,22-,23+,26?/m1/s1. The predicted octanol–water partition coefficient (Wildman–Crippen LogP) is 3.24. The Hall–Kier alpha value is -3.44. The van der Waals surface area contributed by atoms with Crippen LogP contribution in [0.25, 0.3) is 0 Å². The summed E-state index contributed by atoms with van der Waals surface area (Å²) in [7, 11) is 1.58. The average molecular weight is 411 g/mol. The van der Waals surface area contributed by atoms with E-state index in [4.69, 9.17) is 4.74 Å². The van der Waals surface area contributed by atoms with Gasteiger partial charge in [-0.1, -0.05) is 48.5 Å². The molecule has 1 N–H and O–H groups in total. The van der Waals surface area contributed by atoms with E-state index >= 15 is 0 Å². The Balaban J connectivity index is 1.60. The van der Waals surface area contributed by atoms with Gasteiger partial charge in [0.05, 0.1) is 36.7 Å². The number of aliphatic hydroxyl groups is 1. The van der Waals surface area contributed by atoms with Crippen LogP contribution in [0.2, 0.25) is 0 Å². The molecule has 1 heterocycles. The number of anilines is 1. The third-order valence-electron chi connectivity index (χ3n) is 7.37. The van der Waals surface area contributed by atoms with Crippen LogP contribution in [0.3, 0.4) is 0 Å². The highest BCUT2D eigenvalue weighted by Crippen LogP contribution is 2.64. The Kier molecular flexibility index (Phi) is 3.72. The van der Waals surface area contributed by atoms with Crippen molar-refractivity contribution in [2.24, 2.45) is 11.8 Å². The number of rotatable bonds is 3. The van der Waals surface area contributed by atoms with Gasteiger partial charge in [0.1, 0.15) is 5.75 Å². The molecule has 2 bridgehead atoms. The maximum Gasteiger partial charge on any atom is 0.239 e. The number of ether oxygens (including phenoxy) is 1. The minimum absolute atomic E-state index is 0.202. The quantitative estimate of drug-likeness (QED) is 0.672. The molecule has 1 aliphatic heterocycles. The first-order chi connectivity index (χ1) is 15.1. The summed E-state index contributed by atoms with van der Waals surface area (Å²) in [6.07, 6.45) is 0. The number of amides is 2. The van der Waals surface area contributed by atoms with Gasteiger partial charge >= 0.3 is 0 Å². The topological polar surface area (TPSA) is 66.8 Å². The Morgan fingerprint density at radius 3 is 2.00 bits per heavy atom. The highest BCUT2D eigenvalue weighted by Gasteiger charge is 2.68. The van der Waals surface area contributed by atoms with E-state index in [1.165, 1.54) is 4.90 Å². The molecule has 0 saturated carbocycles. The van der Waals surface area contributed by atoms with Crippen LogP contribution in [0.4, 0.5) is 5.69 Å². The smallest absolute Gasteiger partial charge is 0.239 e. The largest absolute Gasteiger partial charge is 0.497 e. The zero-order valence-corrected chi connectivity index (χ0v) is 17.0. The van der Waals surface area contributed by atoms with Crippen LogP contribution < -0.4 is 9.64 Å². The van der Waals surface area contributed by atoms with Crippen molar-refractivity contribution in [2.45, 2.75) is 11.3 Å². The maximum atomic E-state index is 13.8. The van der Waals surface area contributed by atoms with Crippen LogP contribution in [0, 0.1) is 11.8 Å².